The minimum Gasteiger partial charge on any atom is -0.395 e. The standard InChI is InChI=1S/C27H33FN4O2/c1-30(2)15-5-6-20-7-9-21(10-8-20)26-24-18-31(16-3-4-17-32(24)25(26)19-33)27(34)29-23-13-11-22(28)12-14-23/h7-14,24-26,33H,3-4,15-19H2,1-2H3,(H,29,34)/t24-,25+,26-/m0/s1. The van der Waals surface area contributed by atoms with E-state index in [1.54, 1.807) is 12.1 Å². The Kier molecular flexibility index (Phi) is 7.84. The molecule has 34 heavy (non-hydrogen) atoms. The van der Waals surface area contributed by atoms with Crippen molar-refractivity contribution in [2.24, 2.45) is 0 Å². The van der Waals surface area contributed by atoms with E-state index in [0.717, 1.165) is 30.5 Å². The highest BCUT2D eigenvalue weighted by Crippen LogP contribution is 2.42. The summed E-state index contributed by atoms with van der Waals surface area (Å²) in [6.07, 6.45) is 1.88. The van der Waals surface area contributed by atoms with Gasteiger partial charge in [0.25, 0.3) is 0 Å². The summed E-state index contributed by atoms with van der Waals surface area (Å²) in [6.45, 7) is 2.98. The first-order valence-corrected chi connectivity index (χ1v) is 11.9. The van der Waals surface area contributed by atoms with Crippen molar-refractivity contribution in [3.05, 3.63) is 65.5 Å². The van der Waals surface area contributed by atoms with Gasteiger partial charge in [0.1, 0.15) is 5.82 Å². The Morgan fingerprint density at radius 1 is 1.12 bits per heavy atom. The minimum absolute atomic E-state index is 0.0517. The van der Waals surface area contributed by atoms with E-state index in [-0.39, 0.29) is 36.5 Å². The van der Waals surface area contributed by atoms with Crippen molar-refractivity contribution in [2.75, 3.05) is 52.2 Å². The molecule has 2 aliphatic rings. The van der Waals surface area contributed by atoms with Crippen LogP contribution in [0.3, 0.4) is 0 Å². The van der Waals surface area contributed by atoms with Crippen LogP contribution in [0.4, 0.5) is 14.9 Å². The lowest BCUT2D eigenvalue weighted by Gasteiger charge is -2.57. The van der Waals surface area contributed by atoms with Crippen molar-refractivity contribution in [1.82, 2.24) is 14.7 Å². The molecule has 2 aromatic carbocycles. The zero-order chi connectivity index (χ0) is 24.1. The molecule has 180 valence electrons. The molecule has 4 rings (SSSR count). The highest BCUT2D eigenvalue weighted by atomic mass is 19.1. The van der Waals surface area contributed by atoms with Crippen LogP contribution in [0.5, 0.6) is 0 Å². The van der Waals surface area contributed by atoms with Crippen molar-refractivity contribution < 1.29 is 14.3 Å². The van der Waals surface area contributed by atoms with Crippen LogP contribution in [0.15, 0.2) is 48.5 Å². The Bertz CT molecular complexity index is 1030. The molecule has 0 unspecified atom stereocenters. The molecule has 2 heterocycles. The fourth-order valence-corrected chi connectivity index (χ4v) is 4.95. The van der Waals surface area contributed by atoms with Gasteiger partial charge in [-0.25, -0.2) is 9.18 Å². The Hall–Kier alpha value is -2.92. The molecule has 6 nitrogen and oxygen atoms in total. The van der Waals surface area contributed by atoms with Gasteiger partial charge in [0.2, 0.25) is 0 Å². The van der Waals surface area contributed by atoms with Crippen LogP contribution in [-0.2, 0) is 0 Å². The van der Waals surface area contributed by atoms with Crippen LogP contribution in [0.25, 0.3) is 0 Å². The summed E-state index contributed by atoms with van der Waals surface area (Å²) < 4.78 is 13.2. The van der Waals surface area contributed by atoms with Crippen LogP contribution < -0.4 is 5.32 Å². The highest BCUT2D eigenvalue weighted by Gasteiger charge is 2.49. The second-order valence-corrected chi connectivity index (χ2v) is 9.33. The first-order chi connectivity index (χ1) is 16.5. The van der Waals surface area contributed by atoms with Crippen molar-refractivity contribution in [1.29, 1.82) is 0 Å². The molecule has 0 aliphatic carbocycles. The molecular weight excluding hydrogens is 431 g/mol. The van der Waals surface area contributed by atoms with Gasteiger partial charge in [-0.05, 0) is 75.4 Å². The van der Waals surface area contributed by atoms with E-state index in [2.05, 4.69) is 34.2 Å². The quantitative estimate of drug-likeness (QED) is 0.683. The van der Waals surface area contributed by atoms with E-state index in [1.165, 1.54) is 12.1 Å². The third-order valence-electron chi connectivity index (χ3n) is 6.68. The van der Waals surface area contributed by atoms with E-state index in [9.17, 15) is 14.3 Å². The third kappa shape index (κ3) is 5.58. The highest BCUT2D eigenvalue weighted by molar-refractivity contribution is 5.89. The number of hydrogen-bond donors (Lipinski definition) is 2. The monoisotopic (exact) mass is 464 g/mol. The number of benzene rings is 2. The number of hydrogen-bond acceptors (Lipinski definition) is 4. The summed E-state index contributed by atoms with van der Waals surface area (Å²) in [4.78, 5) is 19.2. The number of rotatable bonds is 4. The number of amides is 2. The number of anilines is 1. The number of aliphatic hydroxyl groups is 1. The molecule has 2 aromatic rings. The molecule has 2 aliphatic heterocycles. The predicted molar refractivity (Wildman–Crippen MR) is 132 cm³/mol. The number of halogens is 1. The zero-order valence-electron chi connectivity index (χ0n) is 19.9. The normalized spacial score (nSPS) is 22.6. The number of fused-ring (bicyclic) bond motifs is 1. The topological polar surface area (TPSA) is 59.1 Å². The van der Waals surface area contributed by atoms with Gasteiger partial charge in [-0.3, -0.25) is 9.80 Å². The Morgan fingerprint density at radius 2 is 1.82 bits per heavy atom. The van der Waals surface area contributed by atoms with Crippen LogP contribution in [0.2, 0.25) is 0 Å². The number of carbonyl (C=O) groups is 1. The number of carbonyl (C=O) groups excluding carboxylic acids is 1. The SMILES string of the molecule is CN(C)CC#Cc1ccc([C@@H]2[C@@H](CO)N3CCCCN(C(=O)Nc4ccc(F)cc4)C[C@@H]23)cc1. The van der Waals surface area contributed by atoms with Gasteiger partial charge >= 0.3 is 6.03 Å². The molecular formula is C27H33FN4O2. The molecule has 2 saturated heterocycles. The Morgan fingerprint density at radius 3 is 2.50 bits per heavy atom. The molecule has 7 heteroatoms. The lowest BCUT2D eigenvalue weighted by Crippen LogP contribution is -2.68. The average Bonchev–Trinajstić information content (AvgIpc) is 2.80. The van der Waals surface area contributed by atoms with E-state index in [0.29, 0.717) is 25.3 Å². The molecule has 3 atom stereocenters. The summed E-state index contributed by atoms with van der Waals surface area (Å²) >= 11 is 0. The summed E-state index contributed by atoms with van der Waals surface area (Å²) in [5.74, 6) is 6.16. The summed E-state index contributed by atoms with van der Waals surface area (Å²) in [5, 5.41) is 13.0. The van der Waals surface area contributed by atoms with E-state index < -0.39 is 0 Å². The van der Waals surface area contributed by atoms with Crippen molar-refractivity contribution in [2.45, 2.75) is 30.8 Å². The first kappa shape index (κ1) is 24.2. The lowest BCUT2D eigenvalue weighted by atomic mass is 9.74. The van der Waals surface area contributed by atoms with Crippen molar-refractivity contribution >= 4 is 11.7 Å². The minimum atomic E-state index is -0.332. The third-order valence-corrected chi connectivity index (χ3v) is 6.68. The maximum atomic E-state index is 13.2. The van der Waals surface area contributed by atoms with Gasteiger partial charge in [0, 0.05) is 42.3 Å². The lowest BCUT2D eigenvalue weighted by molar-refractivity contribution is -0.0585. The summed E-state index contributed by atoms with van der Waals surface area (Å²) in [7, 11) is 3.99. The number of nitrogens with zero attached hydrogens (tertiary/aromatic N) is 3. The summed E-state index contributed by atoms with van der Waals surface area (Å²) in [5.41, 5.74) is 2.72. The van der Waals surface area contributed by atoms with Crippen molar-refractivity contribution in [3.63, 3.8) is 0 Å². The fourth-order valence-electron chi connectivity index (χ4n) is 4.95. The van der Waals surface area contributed by atoms with Crippen molar-refractivity contribution in [3.8, 4) is 11.8 Å². The fraction of sp³-hybridized carbons (Fsp3) is 0.444. The maximum absolute atomic E-state index is 13.2. The van der Waals surface area contributed by atoms with Gasteiger partial charge in [-0.1, -0.05) is 24.0 Å². The zero-order valence-corrected chi connectivity index (χ0v) is 19.9. The van der Waals surface area contributed by atoms with Crippen LogP contribution >= 0.6 is 0 Å². The Labute approximate surface area is 201 Å². The molecule has 2 amide bonds. The Balaban J connectivity index is 1.48. The van der Waals surface area contributed by atoms with Crippen LogP contribution in [0, 0.1) is 17.7 Å². The van der Waals surface area contributed by atoms with E-state index in [4.69, 9.17) is 0 Å². The molecule has 0 saturated carbocycles. The first-order valence-electron chi connectivity index (χ1n) is 11.9. The second-order valence-electron chi connectivity index (χ2n) is 9.33. The van der Waals surface area contributed by atoms with Gasteiger partial charge in [0.15, 0.2) is 0 Å². The predicted octanol–water partition coefficient (Wildman–Crippen LogP) is 3.20. The molecule has 0 bridgehead atoms. The average molecular weight is 465 g/mol. The molecule has 2 fully saturated rings. The summed E-state index contributed by atoms with van der Waals surface area (Å²) in [6, 6.07) is 14.1. The van der Waals surface area contributed by atoms with E-state index >= 15 is 0 Å². The number of aliphatic hydroxyl groups excluding tert-OH is 1. The smallest absolute Gasteiger partial charge is 0.321 e. The molecule has 0 radical (unpaired) electrons. The van der Waals surface area contributed by atoms with Crippen LogP contribution in [-0.4, -0.2) is 84.8 Å². The van der Waals surface area contributed by atoms with Gasteiger partial charge in [-0.2, -0.15) is 0 Å². The second kappa shape index (κ2) is 11.0. The van der Waals surface area contributed by atoms with Crippen LogP contribution in [0.1, 0.15) is 29.9 Å². The van der Waals surface area contributed by atoms with Gasteiger partial charge in [-0.15, -0.1) is 0 Å². The maximum Gasteiger partial charge on any atom is 0.321 e. The van der Waals surface area contributed by atoms with Gasteiger partial charge < -0.3 is 15.3 Å². The molecule has 2 N–H and O–H groups in total. The van der Waals surface area contributed by atoms with Gasteiger partial charge in [0.05, 0.1) is 13.2 Å². The number of nitrogens with one attached hydrogen (secondary N) is 1. The molecule has 0 aromatic heterocycles. The largest absolute Gasteiger partial charge is 0.395 e. The number of urea groups is 1. The molecule has 0 spiro atoms. The van der Waals surface area contributed by atoms with E-state index in [1.807, 2.05) is 36.0 Å².